The number of nitrogens with one attached hydrogen (secondary N) is 1. The molecule has 0 atom stereocenters. The zero-order valence-corrected chi connectivity index (χ0v) is 18.2. The highest BCUT2D eigenvalue weighted by molar-refractivity contribution is 5.92. The van der Waals surface area contributed by atoms with Gasteiger partial charge in [0.05, 0.1) is 0 Å². The molecule has 0 spiro atoms. The van der Waals surface area contributed by atoms with E-state index in [4.69, 9.17) is 0 Å². The number of nitrogens with zero attached hydrogens (tertiary/aromatic N) is 4. The Bertz CT molecular complexity index is 843. The van der Waals surface area contributed by atoms with Crippen LogP contribution in [0.4, 0.5) is 11.6 Å². The number of rotatable bonds is 7. The van der Waals surface area contributed by atoms with Crippen molar-refractivity contribution in [2.24, 2.45) is 0 Å². The maximum Gasteiger partial charge on any atom is 0.272 e. The molecule has 156 valence electrons. The van der Waals surface area contributed by atoms with Gasteiger partial charge in [0.2, 0.25) is 5.95 Å². The van der Waals surface area contributed by atoms with Crippen molar-refractivity contribution in [1.82, 2.24) is 14.9 Å². The molecule has 2 aromatic rings. The monoisotopic (exact) mass is 395 g/mol. The van der Waals surface area contributed by atoms with E-state index in [1.54, 1.807) is 6.07 Å². The highest BCUT2D eigenvalue weighted by Gasteiger charge is 2.24. The van der Waals surface area contributed by atoms with E-state index < -0.39 is 0 Å². The van der Waals surface area contributed by atoms with Crippen LogP contribution in [0.15, 0.2) is 24.3 Å². The zero-order valence-electron chi connectivity index (χ0n) is 18.2. The topological polar surface area (TPSA) is 61.4 Å². The molecule has 0 bridgehead atoms. The van der Waals surface area contributed by atoms with Crippen molar-refractivity contribution in [3.8, 4) is 0 Å². The van der Waals surface area contributed by atoms with Crippen LogP contribution in [0.2, 0.25) is 0 Å². The lowest BCUT2D eigenvalue weighted by Gasteiger charge is -2.37. The van der Waals surface area contributed by atoms with Crippen LogP contribution in [0.3, 0.4) is 0 Å². The van der Waals surface area contributed by atoms with Gasteiger partial charge < -0.3 is 15.1 Å². The van der Waals surface area contributed by atoms with Gasteiger partial charge in [-0.05, 0) is 50.5 Å². The quantitative estimate of drug-likeness (QED) is 0.719. The second kappa shape index (κ2) is 9.72. The Kier molecular flexibility index (Phi) is 7.07. The van der Waals surface area contributed by atoms with Crippen molar-refractivity contribution < 1.29 is 4.79 Å². The summed E-state index contributed by atoms with van der Waals surface area (Å²) in [7, 11) is 0. The third-order valence-electron chi connectivity index (χ3n) is 5.62. The average Bonchev–Trinajstić information content (AvgIpc) is 2.72. The van der Waals surface area contributed by atoms with Crippen LogP contribution >= 0.6 is 0 Å². The van der Waals surface area contributed by atoms with Crippen LogP contribution in [-0.2, 0) is 0 Å². The Morgan fingerprint density at radius 1 is 1.07 bits per heavy atom. The van der Waals surface area contributed by atoms with Crippen molar-refractivity contribution in [2.75, 3.05) is 42.9 Å². The van der Waals surface area contributed by atoms with Crippen LogP contribution < -0.4 is 10.2 Å². The predicted molar refractivity (Wildman–Crippen MR) is 119 cm³/mol. The number of carbonyl (C=O) groups excluding carboxylic acids is 1. The summed E-state index contributed by atoms with van der Waals surface area (Å²) in [6.07, 6.45) is 3.43. The van der Waals surface area contributed by atoms with Gasteiger partial charge in [0.25, 0.3) is 5.91 Å². The fourth-order valence-corrected chi connectivity index (χ4v) is 3.72. The standard InChI is InChI=1S/C23H33N5O/c1-5-6-7-11-24-23-25-18(3)16-20(26-23)22(29)28-14-12-27(13-15-28)21-10-8-9-17(2)19(21)4/h8-10,16H,5-7,11-15H2,1-4H3,(H,24,25,26). The molecule has 1 N–H and O–H groups in total. The maximum absolute atomic E-state index is 13.0. The van der Waals surface area contributed by atoms with E-state index >= 15 is 0 Å². The fourth-order valence-electron chi connectivity index (χ4n) is 3.72. The number of hydrogen-bond donors (Lipinski definition) is 1. The first-order valence-electron chi connectivity index (χ1n) is 10.7. The molecule has 0 radical (unpaired) electrons. The minimum Gasteiger partial charge on any atom is -0.368 e. The third kappa shape index (κ3) is 5.25. The number of aryl methyl sites for hydroxylation is 2. The molecule has 29 heavy (non-hydrogen) atoms. The van der Waals surface area contributed by atoms with Crippen LogP contribution in [-0.4, -0.2) is 53.5 Å². The number of hydrogen-bond acceptors (Lipinski definition) is 5. The number of amides is 1. The SMILES string of the molecule is CCCCCNc1nc(C)cc(C(=O)N2CCN(c3cccc(C)c3C)CC2)n1. The maximum atomic E-state index is 13.0. The lowest BCUT2D eigenvalue weighted by Crippen LogP contribution is -2.49. The number of unbranched alkanes of at least 4 members (excludes halogenated alkanes) is 2. The minimum atomic E-state index is -0.00674. The minimum absolute atomic E-state index is 0.00674. The average molecular weight is 396 g/mol. The lowest BCUT2D eigenvalue weighted by molar-refractivity contribution is 0.0740. The normalized spacial score (nSPS) is 14.2. The molecular formula is C23H33N5O. The summed E-state index contributed by atoms with van der Waals surface area (Å²) in [4.78, 5) is 26.2. The predicted octanol–water partition coefficient (Wildman–Crippen LogP) is 3.97. The largest absolute Gasteiger partial charge is 0.368 e. The lowest BCUT2D eigenvalue weighted by atomic mass is 10.1. The smallest absolute Gasteiger partial charge is 0.272 e. The molecule has 1 aliphatic heterocycles. The Morgan fingerprint density at radius 2 is 1.83 bits per heavy atom. The number of carbonyl (C=O) groups is 1. The Morgan fingerprint density at radius 3 is 2.55 bits per heavy atom. The Balaban J connectivity index is 1.63. The van der Waals surface area contributed by atoms with E-state index in [9.17, 15) is 4.79 Å². The van der Waals surface area contributed by atoms with Crippen molar-refractivity contribution in [2.45, 2.75) is 47.0 Å². The van der Waals surface area contributed by atoms with E-state index in [2.05, 4.69) is 59.2 Å². The molecular weight excluding hydrogens is 362 g/mol. The number of aromatic nitrogens is 2. The van der Waals surface area contributed by atoms with Gasteiger partial charge in [-0.25, -0.2) is 9.97 Å². The highest BCUT2D eigenvalue weighted by atomic mass is 16.2. The van der Waals surface area contributed by atoms with Gasteiger partial charge in [-0.2, -0.15) is 0 Å². The summed E-state index contributed by atoms with van der Waals surface area (Å²) < 4.78 is 0. The van der Waals surface area contributed by atoms with Gasteiger partial charge in [0.1, 0.15) is 5.69 Å². The first-order valence-corrected chi connectivity index (χ1v) is 10.7. The van der Waals surface area contributed by atoms with E-state index in [0.29, 0.717) is 24.7 Å². The second-order valence-corrected chi connectivity index (χ2v) is 7.85. The van der Waals surface area contributed by atoms with Gasteiger partial charge in [-0.15, -0.1) is 0 Å². The molecule has 0 saturated carbocycles. The summed E-state index contributed by atoms with van der Waals surface area (Å²) in [5.41, 5.74) is 5.19. The van der Waals surface area contributed by atoms with E-state index in [0.717, 1.165) is 31.7 Å². The zero-order chi connectivity index (χ0) is 20.8. The molecule has 1 aromatic heterocycles. The van der Waals surface area contributed by atoms with Gasteiger partial charge in [-0.3, -0.25) is 4.79 Å². The van der Waals surface area contributed by atoms with Crippen LogP contribution in [0.5, 0.6) is 0 Å². The Hall–Kier alpha value is -2.63. The van der Waals surface area contributed by atoms with Crippen molar-refractivity contribution in [3.05, 3.63) is 46.8 Å². The molecule has 0 unspecified atom stereocenters. The molecule has 1 fully saturated rings. The van der Waals surface area contributed by atoms with Crippen LogP contribution in [0.1, 0.15) is 53.5 Å². The van der Waals surface area contributed by atoms with Gasteiger partial charge in [0, 0.05) is 44.1 Å². The van der Waals surface area contributed by atoms with Crippen LogP contribution in [0.25, 0.3) is 0 Å². The molecule has 6 heteroatoms. The highest BCUT2D eigenvalue weighted by Crippen LogP contribution is 2.24. The molecule has 6 nitrogen and oxygen atoms in total. The molecule has 1 amide bonds. The number of benzene rings is 1. The molecule has 3 rings (SSSR count). The molecule has 2 heterocycles. The van der Waals surface area contributed by atoms with E-state index in [1.165, 1.54) is 29.7 Å². The summed E-state index contributed by atoms with van der Waals surface area (Å²) >= 11 is 0. The van der Waals surface area contributed by atoms with Gasteiger partial charge >= 0.3 is 0 Å². The molecule has 1 saturated heterocycles. The number of piperazine rings is 1. The fraction of sp³-hybridized carbons (Fsp3) is 0.522. The summed E-state index contributed by atoms with van der Waals surface area (Å²) in [6.45, 7) is 12.3. The van der Waals surface area contributed by atoms with Gasteiger partial charge in [-0.1, -0.05) is 31.9 Å². The molecule has 1 aliphatic rings. The summed E-state index contributed by atoms with van der Waals surface area (Å²) in [5.74, 6) is 0.547. The van der Waals surface area contributed by atoms with E-state index in [1.807, 2.05) is 11.8 Å². The summed E-state index contributed by atoms with van der Waals surface area (Å²) in [6, 6.07) is 8.21. The Labute approximate surface area is 174 Å². The van der Waals surface area contributed by atoms with Crippen molar-refractivity contribution in [1.29, 1.82) is 0 Å². The second-order valence-electron chi connectivity index (χ2n) is 7.85. The van der Waals surface area contributed by atoms with Crippen molar-refractivity contribution in [3.63, 3.8) is 0 Å². The van der Waals surface area contributed by atoms with E-state index in [-0.39, 0.29) is 5.91 Å². The summed E-state index contributed by atoms with van der Waals surface area (Å²) in [5, 5.41) is 3.26. The molecule has 1 aromatic carbocycles. The first kappa shape index (κ1) is 21.1. The molecule has 0 aliphatic carbocycles. The number of anilines is 2. The third-order valence-corrected chi connectivity index (χ3v) is 5.62. The first-order chi connectivity index (χ1) is 14.0. The van der Waals surface area contributed by atoms with Gasteiger partial charge in [0.15, 0.2) is 0 Å². The van der Waals surface area contributed by atoms with Crippen molar-refractivity contribution >= 4 is 17.5 Å². The van der Waals surface area contributed by atoms with Crippen LogP contribution in [0, 0.1) is 20.8 Å².